The number of para-hydroxylation sites is 1. The second-order valence-corrected chi connectivity index (χ2v) is 21.1. The number of hydrogen-bond donors (Lipinski definition) is 0. The Morgan fingerprint density at radius 1 is 0.547 bits per heavy atom. The highest BCUT2D eigenvalue weighted by Gasteiger charge is 2.84. The van der Waals surface area contributed by atoms with Crippen molar-refractivity contribution < 1.29 is 0 Å². The van der Waals surface area contributed by atoms with E-state index in [2.05, 4.69) is 188 Å². The summed E-state index contributed by atoms with van der Waals surface area (Å²) in [6.45, 7) is 2.36. The molecule has 314 valence electrons. The number of benzene rings is 7. The molecule has 8 atom stereocenters. The van der Waals surface area contributed by atoms with Gasteiger partial charge in [-0.3, -0.25) is 0 Å². The molecular formula is C63H57N. The van der Waals surface area contributed by atoms with E-state index in [4.69, 9.17) is 0 Å². The minimum Gasteiger partial charge on any atom is -0.309 e. The first-order valence-electron chi connectivity index (χ1n) is 24.8. The van der Waals surface area contributed by atoms with Gasteiger partial charge in [-0.05, 0) is 165 Å². The van der Waals surface area contributed by atoms with Crippen molar-refractivity contribution in [3.8, 4) is 33.4 Å². The van der Waals surface area contributed by atoms with E-state index in [-0.39, 0.29) is 5.41 Å². The van der Waals surface area contributed by atoms with Gasteiger partial charge in [-0.15, -0.1) is 0 Å². The van der Waals surface area contributed by atoms with Crippen LogP contribution in [0.4, 0.5) is 17.1 Å². The van der Waals surface area contributed by atoms with Gasteiger partial charge in [0.25, 0.3) is 0 Å². The summed E-state index contributed by atoms with van der Waals surface area (Å²) in [5.74, 6) is 4.75. The van der Waals surface area contributed by atoms with Gasteiger partial charge >= 0.3 is 0 Å². The highest BCUT2D eigenvalue weighted by atomic mass is 15.1. The fourth-order valence-corrected chi connectivity index (χ4v) is 16.0. The molecule has 5 saturated carbocycles. The van der Waals surface area contributed by atoms with E-state index in [1.165, 1.54) is 130 Å². The molecule has 2 spiro atoms. The van der Waals surface area contributed by atoms with Crippen molar-refractivity contribution in [3.05, 3.63) is 198 Å². The van der Waals surface area contributed by atoms with E-state index >= 15 is 0 Å². The molecule has 7 aromatic carbocycles. The van der Waals surface area contributed by atoms with Gasteiger partial charge in [0.2, 0.25) is 0 Å². The first-order chi connectivity index (χ1) is 31.6. The highest BCUT2D eigenvalue weighted by Crippen LogP contribution is 2.89. The molecule has 1 nitrogen and oxygen atoms in total. The largest absolute Gasteiger partial charge is 0.309 e. The Bertz CT molecular complexity index is 3070. The molecule has 7 aliphatic carbocycles. The van der Waals surface area contributed by atoms with E-state index in [1.807, 2.05) is 0 Å². The van der Waals surface area contributed by atoms with Crippen LogP contribution in [0.5, 0.6) is 0 Å². The van der Waals surface area contributed by atoms with Gasteiger partial charge in [-0.25, -0.2) is 0 Å². The summed E-state index contributed by atoms with van der Waals surface area (Å²) < 4.78 is 0. The molecule has 0 heterocycles. The molecule has 0 radical (unpaired) electrons. The quantitative estimate of drug-likeness (QED) is 0.155. The second-order valence-electron chi connectivity index (χ2n) is 21.1. The molecule has 7 aliphatic rings. The molecule has 5 fully saturated rings. The molecule has 0 aromatic heterocycles. The molecular weight excluding hydrogens is 771 g/mol. The molecule has 0 amide bonds. The smallest absolute Gasteiger partial charge is 0.0540 e. The Labute approximate surface area is 379 Å². The number of fused-ring (bicyclic) bond motifs is 9. The second kappa shape index (κ2) is 14.0. The summed E-state index contributed by atoms with van der Waals surface area (Å²) in [5, 5.41) is 2.79. The lowest BCUT2D eigenvalue weighted by Crippen LogP contribution is -2.73. The third kappa shape index (κ3) is 5.02. The van der Waals surface area contributed by atoms with E-state index < -0.39 is 0 Å². The van der Waals surface area contributed by atoms with Crippen LogP contribution in [-0.2, 0) is 5.41 Å². The van der Waals surface area contributed by atoms with Crippen LogP contribution in [0.25, 0.3) is 44.2 Å². The Morgan fingerprint density at radius 2 is 1.28 bits per heavy atom. The normalized spacial score (nSPS) is 29.0. The first-order valence-corrected chi connectivity index (χ1v) is 24.8. The summed E-state index contributed by atoms with van der Waals surface area (Å²) in [4.78, 5) is 2.68. The van der Waals surface area contributed by atoms with Crippen LogP contribution < -0.4 is 4.90 Å². The van der Waals surface area contributed by atoms with Gasteiger partial charge in [0, 0.05) is 28.1 Å². The number of allylic oxidation sites excluding steroid dienone is 4. The Hall–Kier alpha value is -5.92. The molecule has 2 bridgehead atoms. The molecule has 0 N–H and O–H groups in total. The van der Waals surface area contributed by atoms with Crippen molar-refractivity contribution >= 4 is 27.8 Å². The maximum Gasteiger partial charge on any atom is 0.0540 e. The van der Waals surface area contributed by atoms with Gasteiger partial charge in [-0.2, -0.15) is 0 Å². The average Bonchev–Trinajstić information content (AvgIpc) is 3.99. The minimum atomic E-state index is 0.117. The first kappa shape index (κ1) is 37.5. The number of hydrogen-bond acceptors (Lipinski definition) is 1. The number of anilines is 3. The minimum absolute atomic E-state index is 0.117. The van der Waals surface area contributed by atoms with Crippen LogP contribution in [0, 0.1) is 35.0 Å². The van der Waals surface area contributed by atoms with E-state index in [0.717, 1.165) is 23.7 Å². The van der Waals surface area contributed by atoms with Gasteiger partial charge < -0.3 is 4.90 Å². The van der Waals surface area contributed by atoms with Crippen LogP contribution in [0.3, 0.4) is 0 Å². The standard InChI is InChI=1S/C63H57N/c1-40-16-8-9-23-48(40)45-30-33-58(54(36-45)43-19-6-3-7-20-43)64(57-29-13-11-25-52(57)53-27-15-22-44-21-14-26-49(61(44)53)42-17-4-2-5-18-42)47-31-32-51-50-24-10-12-28-55(50)63(56(51)38-47)59-35-41-34-46-37-60(63)62(46,59)39-41/h3,6-16,19-33,36,38,40-42,46,48,59-60H,2,4-5,17-18,34-35,37,39H2,1H3. The predicted molar refractivity (Wildman–Crippen MR) is 267 cm³/mol. The van der Waals surface area contributed by atoms with Crippen molar-refractivity contribution in [2.75, 3.05) is 4.90 Å². The SMILES string of the molecule is CC1C=CC=CC1c1ccc(N(c2ccc3c(c2)C2(c4ccccc4-3)C3CC4CC5CC2C53C4)c2ccccc2-c2cccc3cccc(C4CCCCC4)c23)c(-c2ccccc2)c1. The zero-order valence-corrected chi connectivity index (χ0v) is 37.1. The zero-order valence-electron chi connectivity index (χ0n) is 37.1. The molecule has 1 heteroatoms. The van der Waals surface area contributed by atoms with Crippen LogP contribution in [-0.4, -0.2) is 0 Å². The van der Waals surface area contributed by atoms with E-state index in [1.54, 1.807) is 11.1 Å². The molecule has 14 rings (SSSR count). The van der Waals surface area contributed by atoms with Crippen LogP contribution >= 0.6 is 0 Å². The van der Waals surface area contributed by atoms with Crippen molar-refractivity contribution in [2.24, 2.45) is 35.0 Å². The van der Waals surface area contributed by atoms with Crippen molar-refractivity contribution in [3.63, 3.8) is 0 Å². The summed E-state index contributed by atoms with van der Waals surface area (Å²) in [6, 6.07) is 59.5. The molecule has 0 aliphatic heterocycles. The van der Waals surface area contributed by atoms with E-state index in [0.29, 0.717) is 23.2 Å². The Kier molecular flexibility index (Phi) is 8.22. The third-order valence-corrected chi connectivity index (χ3v) is 18.4. The van der Waals surface area contributed by atoms with Crippen molar-refractivity contribution in [1.82, 2.24) is 0 Å². The zero-order chi connectivity index (χ0) is 42.1. The fourth-order valence-electron chi connectivity index (χ4n) is 16.0. The Morgan fingerprint density at radius 3 is 2.14 bits per heavy atom. The summed E-state index contributed by atoms with van der Waals surface area (Å²) in [7, 11) is 0. The summed E-state index contributed by atoms with van der Waals surface area (Å²) in [6.07, 6.45) is 21.6. The fraction of sp³-hybridized carbons (Fsp3) is 0.302. The van der Waals surface area contributed by atoms with E-state index in [9.17, 15) is 0 Å². The van der Waals surface area contributed by atoms with Gasteiger partial charge in [0.05, 0.1) is 11.4 Å². The topological polar surface area (TPSA) is 3.24 Å². The summed E-state index contributed by atoms with van der Waals surface area (Å²) >= 11 is 0. The highest BCUT2D eigenvalue weighted by molar-refractivity contribution is 6.04. The van der Waals surface area contributed by atoms with Crippen LogP contribution in [0.15, 0.2) is 176 Å². The lowest BCUT2D eigenvalue weighted by Gasteiger charge is -2.76. The van der Waals surface area contributed by atoms with Crippen LogP contribution in [0.2, 0.25) is 0 Å². The molecule has 8 unspecified atom stereocenters. The number of nitrogens with zero attached hydrogens (tertiary/aromatic N) is 1. The molecule has 64 heavy (non-hydrogen) atoms. The maximum absolute atomic E-state index is 2.70. The number of rotatable bonds is 7. The monoisotopic (exact) mass is 827 g/mol. The van der Waals surface area contributed by atoms with Crippen molar-refractivity contribution in [2.45, 2.75) is 82.0 Å². The maximum atomic E-state index is 2.70. The average molecular weight is 828 g/mol. The lowest BCUT2D eigenvalue weighted by atomic mass is 9.27. The molecule has 0 saturated heterocycles. The van der Waals surface area contributed by atoms with Crippen molar-refractivity contribution in [1.29, 1.82) is 0 Å². The third-order valence-electron chi connectivity index (χ3n) is 18.4. The van der Waals surface area contributed by atoms with Gasteiger partial charge in [-0.1, -0.05) is 172 Å². The predicted octanol–water partition coefficient (Wildman–Crippen LogP) is 16.9. The van der Waals surface area contributed by atoms with Gasteiger partial charge in [0.1, 0.15) is 0 Å². The lowest BCUT2D eigenvalue weighted by molar-refractivity contribution is -0.231. The summed E-state index contributed by atoms with van der Waals surface area (Å²) in [5.41, 5.74) is 18.7. The molecule has 7 aromatic rings. The van der Waals surface area contributed by atoms with Gasteiger partial charge in [0.15, 0.2) is 0 Å². The Balaban J connectivity index is 1.02. The van der Waals surface area contributed by atoms with Crippen LogP contribution in [0.1, 0.15) is 98.8 Å².